The number of carbonyl (C=O) groups excluding carboxylic acids is 1. The lowest BCUT2D eigenvalue weighted by Gasteiger charge is -2.27. The molecular weight excluding hydrogens is 743 g/mol. The van der Waals surface area contributed by atoms with Crippen molar-refractivity contribution >= 4 is 5.91 Å². The van der Waals surface area contributed by atoms with E-state index in [1.807, 2.05) is 0 Å². The molecular formula is C54H101NO5. The number of unbranched alkanes of at least 4 members (excludes halogenated alkanes) is 31. The molecule has 0 aromatic heterocycles. The lowest BCUT2D eigenvalue weighted by atomic mass is 10.00. The van der Waals surface area contributed by atoms with E-state index in [1.165, 1.54) is 180 Å². The summed E-state index contributed by atoms with van der Waals surface area (Å²) < 4.78 is 0. The number of allylic oxidation sites excluding steroid dienone is 8. The van der Waals surface area contributed by atoms with Crippen LogP contribution < -0.4 is 5.32 Å². The highest BCUT2D eigenvalue weighted by atomic mass is 16.3. The van der Waals surface area contributed by atoms with Crippen molar-refractivity contribution < 1.29 is 25.2 Å². The molecule has 4 unspecified atom stereocenters. The zero-order valence-electron chi connectivity index (χ0n) is 39.7. The van der Waals surface area contributed by atoms with Crippen LogP contribution in [0.4, 0.5) is 0 Å². The van der Waals surface area contributed by atoms with Gasteiger partial charge in [-0.2, -0.15) is 0 Å². The van der Waals surface area contributed by atoms with Gasteiger partial charge in [0.25, 0.3) is 0 Å². The number of hydrogen-bond donors (Lipinski definition) is 5. The van der Waals surface area contributed by atoms with E-state index in [1.54, 1.807) is 0 Å². The van der Waals surface area contributed by atoms with Crippen molar-refractivity contribution in [1.29, 1.82) is 0 Å². The Kier molecular flexibility index (Phi) is 46.9. The van der Waals surface area contributed by atoms with Crippen molar-refractivity contribution in [2.24, 2.45) is 0 Å². The molecule has 6 nitrogen and oxygen atoms in total. The normalized spacial score (nSPS) is 14.3. The van der Waals surface area contributed by atoms with Crippen molar-refractivity contribution in [1.82, 2.24) is 5.32 Å². The largest absolute Gasteiger partial charge is 0.394 e. The van der Waals surface area contributed by atoms with Gasteiger partial charge in [0.2, 0.25) is 5.91 Å². The predicted octanol–water partition coefficient (Wildman–Crippen LogP) is 14.6. The van der Waals surface area contributed by atoms with E-state index in [-0.39, 0.29) is 0 Å². The predicted molar refractivity (Wildman–Crippen MR) is 260 cm³/mol. The number of rotatable bonds is 47. The van der Waals surface area contributed by atoms with Crippen LogP contribution in [0.2, 0.25) is 0 Å². The standard InChI is InChI=1S/C54H101NO5/c1-3-5-7-9-11-13-15-17-19-21-23-24-25-26-27-28-29-30-32-33-35-37-39-41-43-45-47-51(57)53(59)50(49-56)55-54(60)52(58)48-46-44-42-40-38-36-34-31-22-20-18-16-14-12-10-8-6-4-2/h12,14,16,18,32-33,39,41,50-53,56-59H,3-11,13,15,17,19-31,34-38,40,42-49H2,1-2H3,(H,55,60)/b14-12-,18-16-,33-32+,41-39+. The van der Waals surface area contributed by atoms with Crippen molar-refractivity contribution in [2.75, 3.05) is 6.61 Å². The van der Waals surface area contributed by atoms with Gasteiger partial charge in [0, 0.05) is 0 Å². The third-order valence-corrected chi connectivity index (χ3v) is 12.0. The van der Waals surface area contributed by atoms with Crippen LogP contribution in [0.3, 0.4) is 0 Å². The summed E-state index contributed by atoms with van der Waals surface area (Å²) in [5.74, 6) is -0.602. The molecule has 4 atom stereocenters. The number of nitrogens with one attached hydrogen (secondary N) is 1. The molecule has 0 aliphatic carbocycles. The first-order chi connectivity index (χ1) is 29.5. The molecule has 0 aromatic rings. The van der Waals surface area contributed by atoms with Gasteiger partial charge < -0.3 is 25.7 Å². The fourth-order valence-electron chi connectivity index (χ4n) is 7.88. The molecule has 352 valence electrons. The van der Waals surface area contributed by atoms with Gasteiger partial charge in [-0.25, -0.2) is 0 Å². The van der Waals surface area contributed by atoms with E-state index in [2.05, 4.69) is 67.8 Å². The van der Waals surface area contributed by atoms with Gasteiger partial charge in [-0.15, -0.1) is 0 Å². The molecule has 0 aromatic carbocycles. The maximum absolute atomic E-state index is 12.5. The fourth-order valence-corrected chi connectivity index (χ4v) is 7.88. The minimum absolute atomic E-state index is 0.353. The summed E-state index contributed by atoms with van der Waals surface area (Å²) >= 11 is 0. The summed E-state index contributed by atoms with van der Waals surface area (Å²) in [4.78, 5) is 12.5. The van der Waals surface area contributed by atoms with E-state index in [9.17, 15) is 25.2 Å². The van der Waals surface area contributed by atoms with Crippen molar-refractivity contribution in [3.8, 4) is 0 Å². The third kappa shape index (κ3) is 41.6. The van der Waals surface area contributed by atoms with Gasteiger partial charge >= 0.3 is 0 Å². The van der Waals surface area contributed by atoms with Gasteiger partial charge in [0.05, 0.1) is 18.8 Å². The molecule has 0 saturated carbocycles. The summed E-state index contributed by atoms with van der Waals surface area (Å²) in [6.45, 7) is 4.02. The van der Waals surface area contributed by atoms with Crippen LogP contribution in [0, 0.1) is 0 Å². The quantitative estimate of drug-likeness (QED) is 0.0238. The smallest absolute Gasteiger partial charge is 0.249 e. The Morgan fingerprint density at radius 2 is 0.750 bits per heavy atom. The zero-order valence-corrected chi connectivity index (χ0v) is 39.7. The summed E-state index contributed by atoms with van der Waals surface area (Å²) in [6, 6.07) is -1.01. The Labute approximate surface area is 372 Å². The molecule has 0 heterocycles. The summed E-state index contributed by atoms with van der Waals surface area (Å²) in [5, 5.41) is 43.8. The summed E-state index contributed by atoms with van der Waals surface area (Å²) in [7, 11) is 0. The Morgan fingerprint density at radius 1 is 0.417 bits per heavy atom. The number of aliphatic hydroxyl groups excluding tert-OH is 4. The van der Waals surface area contributed by atoms with Crippen LogP contribution in [0.5, 0.6) is 0 Å². The second-order valence-electron chi connectivity index (χ2n) is 17.9. The van der Waals surface area contributed by atoms with Crippen molar-refractivity contribution in [3.63, 3.8) is 0 Å². The minimum atomic E-state index is -1.29. The van der Waals surface area contributed by atoms with E-state index in [0.717, 1.165) is 44.9 Å². The van der Waals surface area contributed by atoms with Crippen LogP contribution in [0.1, 0.15) is 258 Å². The number of carbonyl (C=O) groups is 1. The Hall–Kier alpha value is -1.73. The van der Waals surface area contributed by atoms with Gasteiger partial charge in [-0.1, -0.05) is 229 Å². The maximum Gasteiger partial charge on any atom is 0.249 e. The Morgan fingerprint density at radius 3 is 1.18 bits per heavy atom. The van der Waals surface area contributed by atoms with E-state index >= 15 is 0 Å². The molecule has 0 saturated heterocycles. The monoisotopic (exact) mass is 844 g/mol. The molecule has 0 aliphatic heterocycles. The average molecular weight is 844 g/mol. The molecule has 1 amide bonds. The highest BCUT2D eigenvalue weighted by Gasteiger charge is 2.28. The van der Waals surface area contributed by atoms with Gasteiger partial charge in [0.1, 0.15) is 12.2 Å². The minimum Gasteiger partial charge on any atom is -0.394 e. The first-order valence-electron chi connectivity index (χ1n) is 26.0. The lowest BCUT2D eigenvalue weighted by Crippen LogP contribution is -2.53. The molecule has 0 spiro atoms. The topological polar surface area (TPSA) is 110 Å². The van der Waals surface area contributed by atoms with Crippen molar-refractivity contribution in [2.45, 2.75) is 282 Å². The molecule has 0 aliphatic rings. The Balaban J connectivity index is 3.73. The van der Waals surface area contributed by atoms with Crippen LogP contribution in [-0.2, 0) is 4.79 Å². The average Bonchev–Trinajstić information content (AvgIpc) is 3.25. The van der Waals surface area contributed by atoms with Crippen LogP contribution in [-0.4, -0.2) is 57.3 Å². The molecule has 5 N–H and O–H groups in total. The first-order valence-corrected chi connectivity index (χ1v) is 26.0. The number of amides is 1. The molecule has 0 rings (SSSR count). The van der Waals surface area contributed by atoms with Gasteiger partial charge in [-0.05, 0) is 77.0 Å². The van der Waals surface area contributed by atoms with Gasteiger partial charge in [-0.3, -0.25) is 4.79 Å². The maximum atomic E-state index is 12.5. The Bertz CT molecular complexity index is 993. The van der Waals surface area contributed by atoms with E-state index < -0.39 is 36.9 Å². The molecule has 0 bridgehead atoms. The molecule has 6 heteroatoms. The molecule has 0 radical (unpaired) electrons. The highest BCUT2D eigenvalue weighted by molar-refractivity contribution is 5.80. The SMILES string of the molecule is CCCCC/C=C\C=C/CCCCCCCCCCCC(O)C(=O)NC(CO)C(O)C(O)CCC/C=C/CC/C=C/CCCCCCCCCCCCCCCCCCC. The van der Waals surface area contributed by atoms with Crippen LogP contribution in [0.25, 0.3) is 0 Å². The van der Waals surface area contributed by atoms with E-state index in [4.69, 9.17) is 0 Å². The number of hydrogen-bond acceptors (Lipinski definition) is 5. The zero-order chi connectivity index (χ0) is 43.8. The van der Waals surface area contributed by atoms with Crippen LogP contribution >= 0.6 is 0 Å². The second kappa shape index (κ2) is 48.3. The van der Waals surface area contributed by atoms with E-state index in [0.29, 0.717) is 19.3 Å². The lowest BCUT2D eigenvalue weighted by molar-refractivity contribution is -0.132. The van der Waals surface area contributed by atoms with Crippen molar-refractivity contribution in [3.05, 3.63) is 48.6 Å². The molecule has 0 fully saturated rings. The van der Waals surface area contributed by atoms with Crippen LogP contribution in [0.15, 0.2) is 48.6 Å². The van der Waals surface area contributed by atoms with Gasteiger partial charge in [0.15, 0.2) is 0 Å². The first kappa shape index (κ1) is 58.3. The summed E-state index contributed by atoms with van der Waals surface area (Å²) in [6.07, 6.45) is 60.2. The fraction of sp³-hybridized carbons (Fsp3) is 0.833. The second-order valence-corrected chi connectivity index (χ2v) is 17.9. The third-order valence-electron chi connectivity index (χ3n) is 12.0. The highest BCUT2D eigenvalue weighted by Crippen LogP contribution is 2.16. The number of aliphatic hydroxyl groups is 4. The molecule has 60 heavy (non-hydrogen) atoms. The summed E-state index contributed by atoms with van der Waals surface area (Å²) in [5.41, 5.74) is 0.